The predicted octanol–water partition coefficient (Wildman–Crippen LogP) is 6.62. The Labute approximate surface area is 198 Å². The van der Waals surface area contributed by atoms with Crippen LogP contribution in [0.25, 0.3) is 0 Å². The highest BCUT2D eigenvalue weighted by Crippen LogP contribution is 2.54. The number of alkyl halides is 6. The van der Waals surface area contributed by atoms with Gasteiger partial charge in [-0.3, -0.25) is 0 Å². The zero-order valence-electron chi connectivity index (χ0n) is 16.1. The van der Waals surface area contributed by atoms with Gasteiger partial charge in [0.25, 0.3) is 0 Å². The van der Waals surface area contributed by atoms with Crippen molar-refractivity contribution < 1.29 is 31.1 Å². The number of hydrogen-bond donors (Lipinski definition) is 0. The number of halogens is 6. The summed E-state index contributed by atoms with van der Waals surface area (Å²) in [6.07, 6.45) is -7.88. The molecule has 0 saturated heterocycles. The molecule has 0 fully saturated rings. The van der Waals surface area contributed by atoms with E-state index in [1.165, 1.54) is 46.3 Å². The van der Waals surface area contributed by atoms with Crippen LogP contribution in [0.5, 0.6) is 0 Å². The smallest absolute Gasteiger partial charge is 0.339 e. The highest BCUT2D eigenvalue weighted by Gasteiger charge is 2.59. The summed E-state index contributed by atoms with van der Waals surface area (Å²) in [6, 6.07) is 0. The van der Waals surface area contributed by atoms with E-state index in [4.69, 9.17) is 4.74 Å². The summed E-state index contributed by atoms with van der Waals surface area (Å²) in [5.74, 6) is 0. The van der Waals surface area contributed by atoms with E-state index in [-0.39, 0.29) is 20.0 Å². The summed E-state index contributed by atoms with van der Waals surface area (Å²) in [7, 11) is 0. The lowest BCUT2D eigenvalue weighted by Gasteiger charge is -2.40. The van der Waals surface area contributed by atoms with E-state index in [2.05, 4.69) is 19.9 Å². The number of nitrogens with zero attached hydrogens (tertiary/aromatic N) is 4. The summed E-state index contributed by atoms with van der Waals surface area (Å²) >= 11 is 3.35. The minimum atomic E-state index is -4.83. The normalized spacial score (nSPS) is 13.5. The fourth-order valence-electron chi connectivity index (χ4n) is 3.29. The highest BCUT2D eigenvalue weighted by atomic mass is 32.1. The van der Waals surface area contributed by atoms with Crippen molar-refractivity contribution in [2.75, 3.05) is 0 Å². The van der Waals surface area contributed by atoms with Crippen molar-refractivity contribution in [3.63, 3.8) is 0 Å². The van der Waals surface area contributed by atoms with E-state index in [0.717, 1.165) is 45.3 Å². The van der Waals surface area contributed by atoms with Gasteiger partial charge >= 0.3 is 12.4 Å². The molecule has 0 aliphatic rings. The third kappa shape index (κ3) is 5.11. The van der Waals surface area contributed by atoms with Crippen molar-refractivity contribution in [2.24, 2.45) is 0 Å². The fraction of sp³-hybridized carbons (Fsp3) is 0.333. The molecule has 4 aromatic rings. The molecule has 4 heterocycles. The van der Waals surface area contributed by atoms with Crippen molar-refractivity contribution in [3.8, 4) is 0 Å². The highest BCUT2D eigenvalue weighted by molar-refractivity contribution is 7.12. The minimum Gasteiger partial charge on any atom is -0.339 e. The molecule has 0 unspecified atom stereocenters. The maximum atomic E-state index is 14.0. The molecule has 176 valence electrons. The molecule has 15 heteroatoms. The van der Waals surface area contributed by atoms with Crippen LogP contribution in [0.1, 0.15) is 32.9 Å². The fourth-order valence-corrected chi connectivity index (χ4v) is 6.51. The van der Waals surface area contributed by atoms with Crippen LogP contribution in [0.15, 0.2) is 46.3 Å². The Morgan fingerprint density at radius 1 is 0.545 bits per heavy atom. The predicted molar refractivity (Wildman–Crippen MR) is 112 cm³/mol. The van der Waals surface area contributed by atoms with E-state index < -0.39 is 36.4 Å². The third-order valence-corrected chi connectivity index (χ3v) is 8.02. The lowest BCUT2D eigenvalue weighted by atomic mass is 9.94. The molecule has 0 aliphatic heterocycles. The molecular weight excluding hydrogens is 530 g/mol. The van der Waals surface area contributed by atoms with Crippen LogP contribution in [0, 0.1) is 0 Å². The first-order valence-electron chi connectivity index (χ1n) is 8.98. The lowest BCUT2D eigenvalue weighted by molar-refractivity contribution is -0.238. The monoisotopic (exact) mass is 542 g/mol. The van der Waals surface area contributed by atoms with Crippen molar-refractivity contribution in [2.45, 2.75) is 36.4 Å². The maximum absolute atomic E-state index is 14.0. The van der Waals surface area contributed by atoms with Crippen LogP contribution < -0.4 is 0 Å². The van der Waals surface area contributed by atoms with Crippen LogP contribution >= 0.6 is 45.3 Å². The van der Waals surface area contributed by atoms with Gasteiger partial charge in [0.15, 0.2) is 11.2 Å². The van der Waals surface area contributed by atoms with Gasteiger partial charge in [-0.15, -0.1) is 45.3 Å². The van der Waals surface area contributed by atoms with Crippen LogP contribution in [0.3, 0.4) is 0 Å². The summed E-state index contributed by atoms with van der Waals surface area (Å²) in [6.45, 7) is 0. The molecule has 0 aromatic carbocycles. The van der Waals surface area contributed by atoms with Gasteiger partial charge in [-0.1, -0.05) is 0 Å². The van der Waals surface area contributed by atoms with Gasteiger partial charge in [0.2, 0.25) is 0 Å². The van der Waals surface area contributed by atoms with Gasteiger partial charge in [-0.25, -0.2) is 19.9 Å². The Kier molecular flexibility index (Phi) is 6.61. The van der Waals surface area contributed by atoms with E-state index in [1.54, 1.807) is 0 Å². The summed E-state index contributed by atoms with van der Waals surface area (Å²) < 4.78 is 89.9. The molecule has 0 N–H and O–H groups in total. The van der Waals surface area contributed by atoms with Crippen LogP contribution in [0.4, 0.5) is 26.3 Å². The number of aromatic nitrogens is 4. The Balaban J connectivity index is 2.01. The van der Waals surface area contributed by atoms with E-state index >= 15 is 0 Å². The lowest BCUT2D eigenvalue weighted by Crippen LogP contribution is -2.47. The maximum Gasteiger partial charge on any atom is 0.392 e. The number of hydrogen-bond acceptors (Lipinski definition) is 9. The first-order chi connectivity index (χ1) is 15.5. The van der Waals surface area contributed by atoms with Gasteiger partial charge in [-0.2, -0.15) is 26.3 Å². The zero-order valence-corrected chi connectivity index (χ0v) is 19.4. The van der Waals surface area contributed by atoms with Gasteiger partial charge in [0.05, 0.1) is 12.8 Å². The molecule has 4 aromatic heterocycles. The minimum absolute atomic E-state index is 0.172. The van der Waals surface area contributed by atoms with Gasteiger partial charge in [-0.05, 0) is 0 Å². The molecule has 5 nitrogen and oxygen atoms in total. The quantitative estimate of drug-likeness (QED) is 0.234. The number of thiazole rings is 4. The van der Waals surface area contributed by atoms with Crippen LogP contribution in [-0.4, -0.2) is 32.3 Å². The Morgan fingerprint density at radius 3 is 1.00 bits per heavy atom. The topological polar surface area (TPSA) is 60.8 Å². The summed E-state index contributed by atoms with van der Waals surface area (Å²) in [5, 5.41) is 5.02. The SMILES string of the molecule is FC(F)(F)CC(OC(CC(F)(F)F)(c1nccs1)c1nccs1)(c1nccs1)c1nccs1. The molecule has 0 atom stereocenters. The van der Waals surface area contributed by atoms with Crippen molar-refractivity contribution in [3.05, 3.63) is 66.3 Å². The van der Waals surface area contributed by atoms with Crippen LogP contribution in [0.2, 0.25) is 0 Å². The molecular formula is C18H12F6N4OS4. The molecule has 4 rings (SSSR count). The standard InChI is InChI=1S/C18H12F6N4OS4/c19-17(20,21)9-15(11-25-1-5-30-11,12-26-2-6-31-12)29-16(10-18(22,23)24,13-27-3-7-32-13)14-28-4-8-33-14/h1-8H,9-10H2. The van der Waals surface area contributed by atoms with Gasteiger partial charge in [0.1, 0.15) is 20.0 Å². The molecule has 0 bridgehead atoms. The molecule has 0 radical (unpaired) electrons. The van der Waals surface area contributed by atoms with Crippen molar-refractivity contribution in [1.29, 1.82) is 0 Å². The second kappa shape index (κ2) is 9.02. The number of ether oxygens (including phenoxy) is 1. The van der Waals surface area contributed by atoms with Crippen molar-refractivity contribution in [1.82, 2.24) is 19.9 Å². The third-order valence-electron chi connectivity index (χ3n) is 4.36. The first-order valence-corrected chi connectivity index (χ1v) is 12.5. The number of rotatable bonds is 8. The molecule has 33 heavy (non-hydrogen) atoms. The molecule has 0 aliphatic carbocycles. The van der Waals surface area contributed by atoms with Crippen LogP contribution in [-0.2, 0) is 15.9 Å². The van der Waals surface area contributed by atoms with Crippen molar-refractivity contribution >= 4 is 45.3 Å². The Morgan fingerprint density at radius 2 is 0.818 bits per heavy atom. The van der Waals surface area contributed by atoms with Gasteiger partial charge in [0, 0.05) is 46.3 Å². The Hall–Kier alpha value is -1.94. The zero-order chi connectivity index (χ0) is 23.7. The summed E-state index contributed by atoms with van der Waals surface area (Å²) in [5.41, 5.74) is -4.91. The average Bonchev–Trinajstić information content (AvgIpc) is 3.53. The molecule has 0 amide bonds. The average molecular weight is 543 g/mol. The first kappa shape index (κ1) is 24.2. The largest absolute Gasteiger partial charge is 0.392 e. The van der Waals surface area contributed by atoms with E-state index in [0.29, 0.717) is 0 Å². The second-order valence-electron chi connectivity index (χ2n) is 6.69. The van der Waals surface area contributed by atoms with E-state index in [9.17, 15) is 26.3 Å². The summed E-state index contributed by atoms with van der Waals surface area (Å²) in [4.78, 5) is 16.1. The Bertz CT molecular complexity index is 967. The second-order valence-corrected chi connectivity index (χ2v) is 10.3. The molecule has 0 saturated carbocycles. The van der Waals surface area contributed by atoms with Gasteiger partial charge < -0.3 is 4.74 Å². The van der Waals surface area contributed by atoms with E-state index in [1.807, 2.05) is 0 Å². The molecule has 0 spiro atoms.